The summed E-state index contributed by atoms with van der Waals surface area (Å²) in [5, 5.41) is 13.3. The summed E-state index contributed by atoms with van der Waals surface area (Å²) in [6, 6.07) is 8.13. The van der Waals surface area contributed by atoms with Crippen molar-refractivity contribution in [3.05, 3.63) is 39.9 Å². The van der Waals surface area contributed by atoms with Gasteiger partial charge in [0.25, 0.3) is 5.56 Å². The van der Waals surface area contributed by atoms with Crippen LogP contribution in [0, 0.1) is 11.3 Å². The normalized spacial score (nSPS) is 22.3. The van der Waals surface area contributed by atoms with Gasteiger partial charge < -0.3 is 5.32 Å². The first-order valence-electron chi connectivity index (χ1n) is 9.35. The number of fused-ring (bicyclic) bond motifs is 1. The SMILES string of the molecule is CCCC(c1nc2cc(C#N)ccc2c(=O)n1C)N1C[C@@H](C)N[C@@H](C)C1. The van der Waals surface area contributed by atoms with Gasteiger partial charge >= 0.3 is 0 Å². The second-order valence-electron chi connectivity index (χ2n) is 7.41. The van der Waals surface area contributed by atoms with E-state index in [4.69, 9.17) is 10.2 Å². The van der Waals surface area contributed by atoms with E-state index in [2.05, 4.69) is 37.1 Å². The van der Waals surface area contributed by atoms with Crippen LogP contribution in [0.4, 0.5) is 0 Å². The standard InChI is InChI=1S/C20H27N5O/c1-5-6-18(25-11-13(2)22-14(3)12-25)19-23-17-9-15(10-21)7-8-16(17)20(26)24(19)4/h7-9,13-14,18,22H,5-6,11-12H2,1-4H3/t13-,14+,18?. The van der Waals surface area contributed by atoms with Gasteiger partial charge in [0.2, 0.25) is 0 Å². The smallest absolute Gasteiger partial charge is 0.261 e. The third-order valence-electron chi connectivity index (χ3n) is 5.13. The van der Waals surface area contributed by atoms with Crippen LogP contribution < -0.4 is 10.9 Å². The Hall–Kier alpha value is -2.23. The molecule has 2 aromatic rings. The van der Waals surface area contributed by atoms with Gasteiger partial charge in [0, 0.05) is 32.2 Å². The highest BCUT2D eigenvalue weighted by Crippen LogP contribution is 2.27. The second-order valence-corrected chi connectivity index (χ2v) is 7.41. The summed E-state index contributed by atoms with van der Waals surface area (Å²) in [6.45, 7) is 8.41. The molecule has 1 aliphatic rings. The van der Waals surface area contributed by atoms with Gasteiger partial charge in [-0.3, -0.25) is 14.3 Å². The number of hydrogen-bond donors (Lipinski definition) is 1. The van der Waals surface area contributed by atoms with Crippen molar-refractivity contribution in [1.29, 1.82) is 5.26 Å². The molecule has 3 rings (SSSR count). The van der Waals surface area contributed by atoms with Crippen molar-refractivity contribution in [2.24, 2.45) is 7.05 Å². The summed E-state index contributed by atoms with van der Waals surface area (Å²) in [6.07, 6.45) is 1.96. The molecular formula is C20H27N5O. The van der Waals surface area contributed by atoms with Crippen LogP contribution in [-0.2, 0) is 7.05 Å². The first kappa shape index (κ1) is 18.6. The molecule has 6 nitrogen and oxygen atoms in total. The Morgan fingerprint density at radius 3 is 2.65 bits per heavy atom. The molecule has 0 aliphatic carbocycles. The van der Waals surface area contributed by atoms with Gasteiger partial charge in [-0.05, 0) is 38.5 Å². The molecule has 0 amide bonds. The van der Waals surface area contributed by atoms with Crippen LogP contribution in [0.3, 0.4) is 0 Å². The maximum atomic E-state index is 12.9. The van der Waals surface area contributed by atoms with Crippen LogP contribution in [-0.4, -0.2) is 39.6 Å². The van der Waals surface area contributed by atoms with Gasteiger partial charge in [0.15, 0.2) is 0 Å². The fourth-order valence-corrected chi connectivity index (χ4v) is 4.03. The molecule has 1 aromatic heterocycles. The molecule has 1 saturated heterocycles. The Kier molecular flexibility index (Phi) is 5.40. The molecule has 1 aromatic carbocycles. The zero-order valence-electron chi connectivity index (χ0n) is 16.0. The number of benzene rings is 1. The van der Waals surface area contributed by atoms with Gasteiger partial charge in [0.1, 0.15) is 5.82 Å². The van der Waals surface area contributed by atoms with E-state index in [9.17, 15) is 4.79 Å². The molecule has 0 radical (unpaired) electrons. The summed E-state index contributed by atoms with van der Waals surface area (Å²) < 4.78 is 1.69. The quantitative estimate of drug-likeness (QED) is 0.913. The number of nitrogens with one attached hydrogen (secondary N) is 1. The molecule has 0 bridgehead atoms. The molecule has 26 heavy (non-hydrogen) atoms. The lowest BCUT2D eigenvalue weighted by Crippen LogP contribution is -2.55. The Bertz CT molecular complexity index is 887. The van der Waals surface area contributed by atoms with E-state index in [1.165, 1.54) is 0 Å². The van der Waals surface area contributed by atoms with Crippen molar-refractivity contribution in [2.45, 2.75) is 51.7 Å². The minimum atomic E-state index is -0.0492. The largest absolute Gasteiger partial charge is 0.309 e. The Labute approximate surface area is 154 Å². The average Bonchev–Trinajstić information content (AvgIpc) is 2.61. The number of hydrogen-bond acceptors (Lipinski definition) is 5. The molecule has 0 saturated carbocycles. The van der Waals surface area contributed by atoms with Crippen molar-refractivity contribution < 1.29 is 0 Å². The molecule has 3 atom stereocenters. The molecule has 1 aliphatic heterocycles. The van der Waals surface area contributed by atoms with Crippen LogP contribution in [0.5, 0.6) is 0 Å². The van der Waals surface area contributed by atoms with E-state index in [1.807, 2.05) is 0 Å². The lowest BCUT2D eigenvalue weighted by Gasteiger charge is -2.41. The zero-order chi connectivity index (χ0) is 18.8. The average molecular weight is 353 g/mol. The minimum absolute atomic E-state index is 0.0492. The van der Waals surface area contributed by atoms with Gasteiger partial charge in [-0.2, -0.15) is 5.26 Å². The molecule has 0 spiro atoms. The Balaban J connectivity index is 2.11. The number of nitriles is 1. The lowest BCUT2D eigenvalue weighted by atomic mass is 10.0. The number of rotatable bonds is 4. The van der Waals surface area contributed by atoms with Crippen LogP contribution in [0.1, 0.15) is 51.0 Å². The second kappa shape index (κ2) is 7.56. The fourth-order valence-electron chi connectivity index (χ4n) is 4.03. The van der Waals surface area contributed by atoms with Crippen LogP contribution in [0.25, 0.3) is 10.9 Å². The fraction of sp³-hybridized carbons (Fsp3) is 0.550. The van der Waals surface area contributed by atoms with E-state index < -0.39 is 0 Å². The topological polar surface area (TPSA) is 74.0 Å². The van der Waals surface area contributed by atoms with E-state index in [0.717, 1.165) is 31.8 Å². The molecular weight excluding hydrogens is 326 g/mol. The zero-order valence-corrected chi connectivity index (χ0v) is 16.0. The Morgan fingerprint density at radius 2 is 2.04 bits per heavy atom. The van der Waals surface area contributed by atoms with Gasteiger partial charge in [-0.1, -0.05) is 13.3 Å². The van der Waals surface area contributed by atoms with Crippen molar-refractivity contribution >= 4 is 10.9 Å². The van der Waals surface area contributed by atoms with E-state index in [0.29, 0.717) is 28.6 Å². The molecule has 1 fully saturated rings. The van der Waals surface area contributed by atoms with Gasteiger partial charge in [0.05, 0.1) is 28.6 Å². The molecule has 2 heterocycles. The molecule has 6 heteroatoms. The van der Waals surface area contributed by atoms with Crippen molar-refractivity contribution in [2.75, 3.05) is 13.1 Å². The van der Waals surface area contributed by atoms with Crippen LogP contribution in [0.15, 0.2) is 23.0 Å². The summed E-state index contributed by atoms with van der Waals surface area (Å²) in [4.78, 5) is 20.2. The molecule has 138 valence electrons. The minimum Gasteiger partial charge on any atom is -0.309 e. The maximum absolute atomic E-state index is 12.9. The van der Waals surface area contributed by atoms with E-state index in [1.54, 1.807) is 29.8 Å². The molecule has 1 unspecified atom stereocenters. The number of nitrogens with zero attached hydrogens (tertiary/aromatic N) is 4. The third kappa shape index (κ3) is 3.50. The highest BCUT2D eigenvalue weighted by Gasteiger charge is 2.30. The monoisotopic (exact) mass is 353 g/mol. The number of piperazine rings is 1. The number of aromatic nitrogens is 2. The predicted octanol–water partition coefficient (Wildman–Crippen LogP) is 2.33. The molecule has 1 N–H and O–H groups in total. The van der Waals surface area contributed by atoms with Crippen molar-refractivity contribution in [1.82, 2.24) is 19.8 Å². The summed E-state index contributed by atoms with van der Waals surface area (Å²) in [7, 11) is 1.81. The summed E-state index contributed by atoms with van der Waals surface area (Å²) in [5.41, 5.74) is 1.09. The lowest BCUT2D eigenvalue weighted by molar-refractivity contribution is 0.109. The maximum Gasteiger partial charge on any atom is 0.261 e. The first-order chi connectivity index (χ1) is 12.4. The highest BCUT2D eigenvalue weighted by atomic mass is 16.1. The van der Waals surface area contributed by atoms with Gasteiger partial charge in [-0.15, -0.1) is 0 Å². The summed E-state index contributed by atoms with van der Waals surface area (Å²) >= 11 is 0. The Morgan fingerprint density at radius 1 is 1.35 bits per heavy atom. The van der Waals surface area contributed by atoms with E-state index in [-0.39, 0.29) is 11.6 Å². The third-order valence-corrected chi connectivity index (χ3v) is 5.13. The van der Waals surface area contributed by atoms with Crippen LogP contribution in [0.2, 0.25) is 0 Å². The van der Waals surface area contributed by atoms with Crippen molar-refractivity contribution in [3.63, 3.8) is 0 Å². The predicted molar refractivity (Wildman–Crippen MR) is 103 cm³/mol. The highest BCUT2D eigenvalue weighted by molar-refractivity contribution is 5.79. The van der Waals surface area contributed by atoms with E-state index >= 15 is 0 Å². The van der Waals surface area contributed by atoms with Gasteiger partial charge in [-0.25, -0.2) is 4.98 Å². The van der Waals surface area contributed by atoms with Crippen LogP contribution >= 0.6 is 0 Å². The summed E-state index contributed by atoms with van der Waals surface area (Å²) in [5.74, 6) is 0.792. The van der Waals surface area contributed by atoms with Crippen molar-refractivity contribution in [3.8, 4) is 6.07 Å². The first-order valence-corrected chi connectivity index (χ1v) is 9.35.